The smallest absolute Gasteiger partial charge is 0.338 e. The Morgan fingerprint density at radius 3 is 2.50 bits per heavy atom. The molecule has 5 rings (SSSR count). The predicted molar refractivity (Wildman–Crippen MR) is 113 cm³/mol. The van der Waals surface area contributed by atoms with E-state index in [0.29, 0.717) is 16.4 Å². The van der Waals surface area contributed by atoms with Crippen LogP contribution in [-0.2, 0) is 11.3 Å². The van der Waals surface area contributed by atoms with Crippen LogP contribution in [0.3, 0.4) is 0 Å². The molecule has 1 aliphatic heterocycles. The van der Waals surface area contributed by atoms with Crippen LogP contribution >= 0.6 is 11.6 Å². The minimum Gasteiger partial charge on any atom is -0.456 e. The molecule has 0 spiro atoms. The van der Waals surface area contributed by atoms with E-state index in [1.807, 2.05) is 0 Å². The lowest BCUT2D eigenvalue weighted by Crippen LogP contribution is -2.29. The number of carbonyl (C=O) groups is 3. The molecule has 0 bridgehead atoms. The summed E-state index contributed by atoms with van der Waals surface area (Å²) in [7, 11) is 0. The molecule has 3 heterocycles. The molecule has 0 saturated carbocycles. The maximum absolute atomic E-state index is 13.2. The van der Waals surface area contributed by atoms with Crippen LogP contribution in [0.4, 0.5) is 10.1 Å². The first-order chi connectivity index (χ1) is 15.4. The van der Waals surface area contributed by atoms with Gasteiger partial charge in [-0.25, -0.2) is 19.1 Å². The number of imide groups is 1. The van der Waals surface area contributed by atoms with Crippen molar-refractivity contribution in [3.05, 3.63) is 100 Å². The zero-order valence-corrected chi connectivity index (χ0v) is 17.0. The third kappa shape index (κ3) is 3.40. The quantitative estimate of drug-likeness (QED) is 0.343. The summed E-state index contributed by atoms with van der Waals surface area (Å²) < 4.78 is 20.2. The molecule has 4 aromatic rings. The average Bonchev–Trinajstić information content (AvgIpc) is 3.30. The van der Waals surface area contributed by atoms with Crippen LogP contribution in [0, 0.1) is 5.82 Å². The Morgan fingerprint density at radius 2 is 1.72 bits per heavy atom. The van der Waals surface area contributed by atoms with Gasteiger partial charge in [0.05, 0.1) is 33.1 Å². The number of benzene rings is 2. The lowest BCUT2D eigenvalue weighted by molar-refractivity contribution is 0.0468. The maximum Gasteiger partial charge on any atom is 0.338 e. The SMILES string of the molecule is O=C(OCc1cn2cc(Cl)ccc2n1)c1ccc2c(c1)C(=O)N(c1ccc(F)cc1)C2=O. The minimum atomic E-state index is -0.664. The largest absolute Gasteiger partial charge is 0.456 e. The first kappa shape index (κ1) is 19.9. The monoisotopic (exact) mass is 449 g/mol. The number of pyridine rings is 1. The van der Waals surface area contributed by atoms with E-state index in [-0.39, 0.29) is 29.0 Å². The van der Waals surface area contributed by atoms with Gasteiger partial charge in [-0.2, -0.15) is 0 Å². The molecule has 7 nitrogen and oxygen atoms in total. The molecule has 158 valence electrons. The van der Waals surface area contributed by atoms with Crippen molar-refractivity contribution in [1.29, 1.82) is 0 Å². The van der Waals surface area contributed by atoms with Crippen molar-refractivity contribution in [3.8, 4) is 0 Å². The Hall–Kier alpha value is -4.04. The van der Waals surface area contributed by atoms with E-state index in [1.165, 1.54) is 30.3 Å². The molecular weight excluding hydrogens is 437 g/mol. The second kappa shape index (κ2) is 7.58. The zero-order valence-electron chi connectivity index (χ0n) is 16.3. The van der Waals surface area contributed by atoms with E-state index in [1.54, 1.807) is 28.9 Å². The second-order valence-electron chi connectivity index (χ2n) is 7.10. The number of hydrogen-bond donors (Lipinski definition) is 0. The van der Waals surface area contributed by atoms with Gasteiger partial charge in [-0.3, -0.25) is 9.59 Å². The van der Waals surface area contributed by atoms with Gasteiger partial charge in [0.25, 0.3) is 11.8 Å². The highest BCUT2D eigenvalue weighted by atomic mass is 35.5. The van der Waals surface area contributed by atoms with Crippen molar-refractivity contribution in [2.24, 2.45) is 0 Å². The van der Waals surface area contributed by atoms with E-state index in [9.17, 15) is 18.8 Å². The summed E-state index contributed by atoms with van der Waals surface area (Å²) in [5.74, 6) is -2.28. The van der Waals surface area contributed by atoms with Crippen molar-refractivity contribution < 1.29 is 23.5 Å². The Bertz CT molecular complexity index is 1410. The zero-order chi connectivity index (χ0) is 22.4. The highest BCUT2D eigenvalue weighted by Gasteiger charge is 2.37. The predicted octanol–water partition coefficient (Wildman–Crippen LogP) is 4.28. The summed E-state index contributed by atoms with van der Waals surface area (Å²) >= 11 is 5.95. The first-order valence-electron chi connectivity index (χ1n) is 9.49. The molecular formula is C23H13ClFN3O4. The van der Waals surface area contributed by atoms with Gasteiger partial charge in [0.2, 0.25) is 0 Å². The number of halogens is 2. The molecule has 0 atom stereocenters. The topological polar surface area (TPSA) is 81.0 Å². The third-order valence-corrected chi connectivity index (χ3v) is 5.25. The molecule has 0 aliphatic carbocycles. The Labute approximate surface area is 185 Å². The van der Waals surface area contributed by atoms with E-state index >= 15 is 0 Å². The summed E-state index contributed by atoms with van der Waals surface area (Å²) in [5, 5.41) is 0.547. The molecule has 0 saturated heterocycles. The number of hydrogen-bond acceptors (Lipinski definition) is 5. The normalized spacial score (nSPS) is 13.0. The lowest BCUT2D eigenvalue weighted by atomic mass is 10.1. The molecule has 32 heavy (non-hydrogen) atoms. The lowest BCUT2D eigenvalue weighted by Gasteiger charge is -2.13. The number of anilines is 1. The van der Waals surface area contributed by atoms with E-state index < -0.39 is 23.6 Å². The summed E-state index contributed by atoms with van der Waals surface area (Å²) in [6, 6.07) is 12.6. The average molecular weight is 450 g/mol. The van der Waals surface area contributed by atoms with Crippen LogP contribution in [0.2, 0.25) is 5.02 Å². The van der Waals surface area contributed by atoms with Crippen LogP contribution < -0.4 is 4.90 Å². The van der Waals surface area contributed by atoms with E-state index in [4.69, 9.17) is 16.3 Å². The van der Waals surface area contributed by atoms with Crippen LogP contribution in [0.5, 0.6) is 0 Å². The number of carbonyl (C=O) groups excluding carboxylic acids is 3. The standard InChI is InChI=1S/C23H13ClFN3O4/c24-14-2-8-20-26-16(11-27(20)10-14)12-32-23(31)13-1-7-18-19(9-13)22(30)28(21(18)29)17-5-3-15(25)4-6-17/h1-11H,12H2. The van der Waals surface area contributed by atoms with Crippen LogP contribution in [0.1, 0.15) is 36.8 Å². The Balaban J connectivity index is 1.35. The van der Waals surface area contributed by atoms with Gasteiger partial charge in [0.15, 0.2) is 0 Å². The van der Waals surface area contributed by atoms with Gasteiger partial charge >= 0.3 is 5.97 Å². The molecule has 2 aromatic carbocycles. The van der Waals surface area contributed by atoms with Gasteiger partial charge in [0.1, 0.15) is 18.1 Å². The number of rotatable bonds is 4. The number of aromatic nitrogens is 2. The maximum atomic E-state index is 13.2. The van der Waals surface area contributed by atoms with Gasteiger partial charge in [-0.1, -0.05) is 11.6 Å². The van der Waals surface area contributed by atoms with Gasteiger partial charge in [-0.05, 0) is 54.6 Å². The molecule has 9 heteroatoms. The highest BCUT2D eigenvalue weighted by Crippen LogP contribution is 2.29. The fourth-order valence-corrected chi connectivity index (χ4v) is 3.67. The number of fused-ring (bicyclic) bond motifs is 2. The van der Waals surface area contributed by atoms with Crippen LogP contribution in [-0.4, -0.2) is 27.2 Å². The van der Waals surface area contributed by atoms with Gasteiger partial charge in [0, 0.05) is 12.4 Å². The fraction of sp³-hybridized carbons (Fsp3) is 0.0435. The fourth-order valence-electron chi connectivity index (χ4n) is 3.50. The van der Waals surface area contributed by atoms with Crippen molar-refractivity contribution in [2.75, 3.05) is 4.90 Å². The molecule has 0 unspecified atom stereocenters. The Kier molecular flexibility index (Phi) is 4.71. The van der Waals surface area contributed by atoms with Gasteiger partial charge in [-0.15, -0.1) is 0 Å². The highest BCUT2D eigenvalue weighted by molar-refractivity contribution is 6.34. The van der Waals surface area contributed by atoms with Crippen molar-refractivity contribution >= 4 is 40.7 Å². The molecule has 0 radical (unpaired) electrons. The van der Waals surface area contributed by atoms with E-state index in [2.05, 4.69) is 4.98 Å². The molecule has 2 aromatic heterocycles. The van der Waals surface area contributed by atoms with Crippen molar-refractivity contribution in [2.45, 2.75) is 6.61 Å². The number of amides is 2. The second-order valence-corrected chi connectivity index (χ2v) is 7.54. The van der Waals surface area contributed by atoms with E-state index in [0.717, 1.165) is 17.0 Å². The Morgan fingerprint density at radius 1 is 0.969 bits per heavy atom. The first-order valence-corrected chi connectivity index (χ1v) is 9.87. The van der Waals surface area contributed by atoms with Gasteiger partial charge < -0.3 is 9.14 Å². The number of ether oxygens (including phenoxy) is 1. The summed E-state index contributed by atoms with van der Waals surface area (Å²) in [5.41, 5.74) is 1.79. The number of nitrogens with zero attached hydrogens (tertiary/aromatic N) is 3. The minimum absolute atomic E-state index is 0.0796. The third-order valence-electron chi connectivity index (χ3n) is 5.02. The van der Waals surface area contributed by atoms with Crippen LogP contribution in [0.15, 0.2) is 67.0 Å². The summed E-state index contributed by atoms with van der Waals surface area (Å²) in [6.45, 7) is -0.0796. The summed E-state index contributed by atoms with van der Waals surface area (Å²) in [6.07, 6.45) is 3.38. The van der Waals surface area contributed by atoms with Crippen molar-refractivity contribution in [3.63, 3.8) is 0 Å². The molecule has 0 N–H and O–H groups in total. The van der Waals surface area contributed by atoms with Crippen LogP contribution in [0.25, 0.3) is 5.65 Å². The molecule has 0 fully saturated rings. The number of esters is 1. The molecule has 1 aliphatic rings. The molecule has 2 amide bonds. The summed E-state index contributed by atoms with van der Waals surface area (Å²) in [4.78, 5) is 43.3. The number of imidazole rings is 1. The van der Waals surface area contributed by atoms with Crippen molar-refractivity contribution in [1.82, 2.24) is 9.38 Å².